The Morgan fingerprint density at radius 3 is 2.71 bits per heavy atom. The van der Waals surface area contributed by atoms with E-state index in [0.717, 1.165) is 19.5 Å². The van der Waals surface area contributed by atoms with Crippen molar-refractivity contribution in [1.29, 1.82) is 0 Å². The molecule has 3 nitrogen and oxygen atoms in total. The zero-order valence-electron chi connectivity index (χ0n) is 9.07. The van der Waals surface area contributed by atoms with Gasteiger partial charge in [0.15, 0.2) is 0 Å². The molecule has 0 aromatic carbocycles. The van der Waals surface area contributed by atoms with Gasteiger partial charge in [-0.1, -0.05) is 26.0 Å². The minimum Gasteiger partial charge on any atom is -0.339 e. The Morgan fingerprint density at radius 1 is 1.50 bits per heavy atom. The van der Waals surface area contributed by atoms with Gasteiger partial charge >= 0.3 is 0 Å². The van der Waals surface area contributed by atoms with Crippen molar-refractivity contribution in [3.05, 3.63) is 12.2 Å². The number of carbonyl (C=O) groups is 1. The van der Waals surface area contributed by atoms with Gasteiger partial charge in [0.1, 0.15) is 0 Å². The molecule has 3 heteroatoms. The molecule has 0 saturated heterocycles. The maximum atomic E-state index is 11.7. The van der Waals surface area contributed by atoms with Gasteiger partial charge in [0.05, 0.1) is 0 Å². The molecule has 0 spiro atoms. The van der Waals surface area contributed by atoms with Crippen LogP contribution < -0.4 is 5.73 Å². The van der Waals surface area contributed by atoms with Crippen LogP contribution >= 0.6 is 0 Å². The van der Waals surface area contributed by atoms with Crippen LogP contribution in [0.2, 0.25) is 0 Å². The van der Waals surface area contributed by atoms with Gasteiger partial charge in [-0.05, 0) is 12.3 Å². The van der Waals surface area contributed by atoms with Gasteiger partial charge in [0.2, 0.25) is 5.91 Å². The minimum absolute atomic E-state index is 0.00611. The van der Waals surface area contributed by atoms with E-state index in [1.807, 2.05) is 24.8 Å². The molecule has 0 aromatic rings. The molecule has 0 aliphatic carbocycles. The molecule has 2 N–H and O–H groups in total. The highest BCUT2D eigenvalue weighted by Gasteiger charge is 2.18. The van der Waals surface area contributed by atoms with Gasteiger partial charge in [-0.25, -0.2) is 0 Å². The second-order valence-corrected chi connectivity index (χ2v) is 4.21. The first-order chi connectivity index (χ1) is 6.61. The molecule has 1 rings (SSSR count). The predicted molar refractivity (Wildman–Crippen MR) is 57.8 cm³/mol. The fourth-order valence-electron chi connectivity index (χ4n) is 1.43. The highest BCUT2D eigenvalue weighted by atomic mass is 16.2. The number of hydrogen-bond acceptors (Lipinski definition) is 2. The lowest BCUT2D eigenvalue weighted by Gasteiger charge is -2.25. The Balaban J connectivity index is 2.37. The monoisotopic (exact) mass is 196 g/mol. The Hall–Kier alpha value is -0.830. The van der Waals surface area contributed by atoms with E-state index in [2.05, 4.69) is 6.08 Å². The van der Waals surface area contributed by atoms with Crippen LogP contribution in [-0.4, -0.2) is 29.9 Å². The molecule has 1 amide bonds. The van der Waals surface area contributed by atoms with Crippen molar-refractivity contribution >= 4 is 5.91 Å². The quantitative estimate of drug-likeness (QED) is 0.688. The molecule has 80 valence electrons. The Morgan fingerprint density at radius 2 is 2.21 bits per heavy atom. The van der Waals surface area contributed by atoms with Gasteiger partial charge in [-0.15, -0.1) is 0 Å². The number of carbonyl (C=O) groups excluding carboxylic acids is 1. The average Bonchev–Trinajstić information content (AvgIpc) is 2.19. The predicted octanol–water partition coefficient (Wildman–Crippen LogP) is 1.15. The van der Waals surface area contributed by atoms with E-state index in [1.165, 1.54) is 0 Å². The second-order valence-electron chi connectivity index (χ2n) is 4.21. The van der Waals surface area contributed by atoms with Crippen LogP contribution in [0.3, 0.4) is 0 Å². The molecule has 0 saturated carbocycles. The van der Waals surface area contributed by atoms with Gasteiger partial charge in [-0.2, -0.15) is 0 Å². The summed E-state index contributed by atoms with van der Waals surface area (Å²) >= 11 is 0. The number of nitrogens with zero attached hydrogens (tertiary/aromatic N) is 1. The van der Waals surface area contributed by atoms with Crippen LogP contribution in [0.25, 0.3) is 0 Å². The zero-order chi connectivity index (χ0) is 10.6. The fraction of sp³-hybridized carbons (Fsp3) is 0.727. The first-order valence-electron chi connectivity index (χ1n) is 5.29. The standard InChI is InChI=1S/C11H20N2O/c1-9(2)10(12)8-11(14)13-6-4-3-5-7-13/h3-4,9-10H,5-8,12H2,1-2H3. The van der Waals surface area contributed by atoms with Crippen LogP contribution in [0.15, 0.2) is 12.2 Å². The van der Waals surface area contributed by atoms with Crippen LogP contribution in [-0.2, 0) is 4.79 Å². The number of rotatable bonds is 3. The molecule has 0 aromatic heterocycles. The Labute approximate surface area is 86.0 Å². The SMILES string of the molecule is CC(C)C(N)CC(=O)N1CC=CCC1. The smallest absolute Gasteiger partial charge is 0.224 e. The molecular formula is C11H20N2O. The summed E-state index contributed by atoms with van der Waals surface area (Å²) in [4.78, 5) is 13.6. The summed E-state index contributed by atoms with van der Waals surface area (Å²) in [5.74, 6) is 0.565. The summed E-state index contributed by atoms with van der Waals surface area (Å²) in [7, 11) is 0. The lowest BCUT2D eigenvalue weighted by molar-refractivity contribution is -0.131. The molecular weight excluding hydrogens is 176 g/mol. The second kappa shape index (κ2) is 5.15. The van der Waals surface area contributed by atoms with E-state index in [9.17, 15) is 4.79 Å². The number of nitrogens with two attached hydrogens (primary N) is 1. The van der Waals surface area contributed by atoms with Crippen molar-refractivity contribution < 1.29 is 4.79 Å². The lowest BCUT2D eigenvalue weighted by atomic mass is 10.0. The van der Waals surface area contributed by atoms with Crippen molar-refractivity contribution in [1.82, 2.24) is 4.90 Å². The van der Waals surface area contributed by atoms with Gasteiger partial charge in [0, 0.05) is 25.6 Å². The summed E-state index contributed by atoms with van der Waals surface area (Å²) < 4.78 is 0. The zero-order valence-corrected chi connectivity index (χ0v) is 9.07. The van der Waals surface area contributed by atoms with Gasteiger partial charge in [0.25, 0.3) is 0 Å². The summed E-state index contributed by atoms with van der Waals surface area (Å²) in [6, 6.07) is -0.00611. The van der Waals surface area contributed by atoms with Crippen LogP contribution in [0.5, 0.6) is 0 Å². The Kier molecular flexibility index (Phi) is 4.14. The first-order valence-corrected chi connectivity index (χ1v) is 5.29. The van der Waals surface area contributed by atoms with Crippen LogP contribution in [0.1, 0.15) is 26.7 Å². The molecule has 1 atom stereocenters. The fourth-order valence-corrected chi connectivity index (χ4v) is 1.43. The molecule has 1 aliphatic rings. The van der Waals surface area contributed by atoms with E-state index >= 15 is 0 Å². The molecule has 1 aliphatic heterocycles. The molecule has 0 fully saturated rings. The molecule has 1 heterocycles. The highest BCUT2D eigenvalue weighted by Crippen LogP contribution is 2.08. The molecule has 1 unspecified atom stereocenters. The van der Waals surface area contributed by atoms with Gasteiger partial charge < -0.3 is 10.6 Å². The topological polar surface area (TPSA) is 46.3 Å². The lowest BCUT2D eigenvalue weighted by Crippen LogP contribution is -2.39. The van der Waals surface area contributed by atoms with Crippen LogP contribution in [0, 0.1) is 5.92 Å². The molecule has 0 bridgehead atoms. The summed E-state index contributed by atoms with van der Waals surface area (Å²) in [5, 5.41) is 0. The van der Waals surface area contributed by atoms with Crippen molar-refractivity contribution in [2.24, 2.45) is 11.7 Å². The van der Waals surface area contributed by atoms with Crippen molar-refractivity contribution in [3.8, 4) is 0 Å². The maximum absolute atomic E-state index is 11.7. The molecule has 0 radical (unpaired) electrons. The largest absolute Gasteiger partial charge is 0.339 e. The minimum atomic E-state index is -0.00611. The van der Waals surface area contributed by atoms with Crippen molar-refractivity contribution in [3.63, 3.8) is 0 Å². The van der Waals surface area contributed by atoms with Gasteiger partial charge in [-0.3, -0.25) is 4.79 Å². The van der Waals surface area contributed by atoms with Crippen LogP contribution in [0.4, 0.5) is 0 Å². The van der Waals surface area contributed by atoms with E-state index in [1.54, 1.807) is 0 Å². The third-order valence-electron chi connectivity index (χ3n) is 2.68. The van der Waals surface area contributed by atoms with E-state index in [0.29, 0.717) is 12.3 Å². The van der Waals surface area contributed by atoms with Crippen molar-refractivity contribution in [2.75, 3.05) is 13.1 Å². The normalized spacial score (nSPS) is 18.7. The number of hydrogen-bond donors (Lipinski definition) is 1. The summed E-state index contributed by atoms with van der Waals surface area (Å²) in [5.41, 5.74) is 5.86. The van der Waals surface area contributed by atoms with E-state index in [4.69, 9.17) is 5.73 Å². The first kappa shape index (κ1) is 11.2. The third kappa shape index (κ3) is 3.14. The maximum Gasteiger partial charge on any atom is 0.224 e. The van der Waals surface area contributed by atoms with Crippen molar-refractivity contribution in [2.45, 2.75) is 32.7 Å². The Bertz CT molecular complexity index is 223. The summed E-state index contributed by atoms with van der Waals surface area (Å²) in [6.45, 7) is 5.70. The summed E-state index contributed by atoms with van der Waals surface area (Å²) in [6.07, 6.45) is 5.61. The number of amides is 1. The average molecular weight is 196 g/mol. The third-order valence-corrected chi connectivity index (χ3v) is 2.68. The highest BCUT2D eigenvalue weighted by molar-refractivity contribution is 5.77. The van der Waals surface area contributed by atoms with E-state index < -0.39 is 0 Å². The van der Waals surface area contributed by atoms with E-state index in [-0.39, 0.29) is 11.9 Å². The molecule has 14 heavy (non-hydrogen) atoms.